The summed E-state index contributed by atoms with van der Waals surface area (Å²) in [6.45, 7) is -1.02. The second kappa shape index (κ2) is 12.9. The first-order valence-electron chi connectivity index (χ1n) is 13.1. The van der Waals surface area contributed by atoms with Gasteiger partial charge in [-0.3, -0.25) is 0 Å². The number of rotatable bonds is 10. The number of fused-ring (bicyclic) bond motifs is 1. The average molecular weight is 583 g/mol. The monoisotopic (exact) mass is 582 g/mol. The lowest BCUT2D eigenvalue weighted by Gasteiger charge is -2.43. The molecule has 41 heavy (non-hydrogen) atoms. The van der Waals surface area contributed by atoms with Crippen molar-refractivity contribution in [1.82, 2.24) is 0 Å². The summed E-state index contributed by atoms with van der Waals surface area (Å²) in [5.41, 5.74) is 1.88. The standard InChI is InChI=1S/C28H38O13/c1-36-16-7-13(8-17(37-2)22(16)31)20-15(11-40-28-26(35)25(34)23(32)19(10-30)41-28)14(9-29)5-12-6-18(38-3)24(33)27(39-4)21(12)20/h6-8,14-15,19-20,23,25-26,28-35H,5,9-11H2,1-4H3/t14-,15-,19-,20-,23-,25+,26-,28-/m1/s1. The first-order valence-corrected chi connectivity index (χ1v) is 13.1. The van der Waals surface area contributed by atoms with Crippen molar-refractivity contribution >= 4 is 0 Å². The number of ether oxygens (including phenoxy) is 6. The van der Waals surface area contributed by atoms with Crippen LogP contribution in [0.2, 0.25) is 0 Å². The molecule has 4 rings (SSSR count). The van der Waals surface area contributed by atoms with Crippen molar-refractivity contribution in [2.24, 2.45) is 11.8 Å². The van der Waals surface area contributed by atoms with Crippen molar-refractivity contribution in [3.05, 3.63) is 34.9 Å². The smallest absolute Gasteiger partial charge is 0.201 e. The van der Waals surface area contributed by atoms with Crippen LogP contribution in [0.3, 0.4) is 0 Å². The zero-order valence-electron chi connectivity index (χ0n) is 23.3. The number of methoxy groups -OCH3 is 4. The highest BCUT2D eigenvalue weighted by Crippen LogP contribution is 2.54. The van der Waals surface area contributed by atoms with Crippen LogP contribution in [0, 0.1) is 11.8 Å². The topological polar surface area (TPSA) is 197 Å². The second-order valence-electron chi connectivity index (χ2n) is 10.1. The lowest BCUT2D eigenvalue weighted by Crippen LogP contribution is -2.59. The number of aliphatic hydroxyl groups is 5. The Hall–Kier alpha value is -3.04. The van der Waals surface area contributed by atoms with E-state index in [-0.39, 0.29) is 47.7 Å². The summed E-state index contributed by atoms with van der Waals surface area (Å²) < 4.78 is 33.3. The van der Waals surface area contributed by atoms with Crippen molar-refractivity contribution in [3.63, 3.8) is 0 Å². The molecule has 0 amide bonds. The number of aromatic hydroxyl groups is 2. The van der Waals surface area contributed by atoms with Crippen molar-refractivity contribution < 1.29 is 64.2 Å². The fraction of sp³-hybridized carbons (Fsp3) is 0.571. The van der Waals surface area contributed by atoms with Gasteiger partial charge in [0.05, 0.1) is 41.7 Å². The lowest BCUT2D eigenvalue weighted by atomic mass is 9.66. The molecule has 1 aliphatic carbocycles. The van der Waals surface area contributed by atoms with Crippen LogP contribution in [0.15, 0.2) is 18.2 Å². The average Bonchev–Trinajstić information content (AvgIpc) is 2.98. The maximum atomic E-state index is 11.0. The molecule has 2 aromatic rings. The molecule has 2 aliphatic rings. The minimum atomic E-state index is -1.63. The van der Waals surface area contributed by atoms with Gasteiger partial charge in [-0.2, -0.15) is 0 Å². The molecule has 1 saturated heterocycles. The molecule has 7 N–H and O–H groups in total. The van der Waals surface area contributed by atoms with Crippen LogP contribution in [0.25, 0.3) is 0 Å². The molecular formula is C28H38O13. The van der Waals surface area contributed by atoms with Crippen LogP contribution in [0.1, 0.15) is 22.6 Å². The highest BCUT2D eigenvalue weighted by molar-refractivity contribution is 5.64. The molecule has 0 spiro atoms. The Bertz CT molecular complexity index is 1180. The molecule has 8 atom stereocenters. The molecule has 1 heterocycles. The van der Waals surface area contributed by atoms with Gasteiger partial charge in [-0.15, -0.1) is 0 Å². The van der Waals surface area contributed by atoms with E-state index in [1.807, 2.05) is 0 Å². The zero-order chi connectivity index (χ0) is 30.0. The van der Waals surface area contributed by atoms with Gasteiger partial charge in [0.1, 0.15) is 24.4 Å². The summed E-state index contributed by atoms with van der Waals surface area (Å²) in [5, 5.41) is 72.6. The fourth-order valence-corrected chi connectivity index (χ4v) is 5.83. The third kappa shape index (κ3) is 5.58. The molecule has 2 aromatic carbocycles. The molecule has 0 saturated carbocycles. The molecule has 0 bridgehead atoms. The summed E-state index contributed by atoms with van der Waals surface area (Å²) in [6, 6.07) is 4.88. The lowest BCUT2D eigenvalue weighted by molar-refractivity contribution is -0.304. The van der Waals surface area contributed by atoms with Gasteiger partial charge in [-0.1, -0.05) is 0 Å². The minimum absolute atomic E-state index is 0.123. The van der Waals surface area contributed by atoms with E-state index in [9.17, 15) is 35.7 Å². The molecule has 1 fully saturated rings. The van der Waals surface area contributed by atoms with E-state index < -0.39 is 55.1 Å². The highest BCUT2D eigenvalue weighted by atomic mass is 16.7. The molecule has 1 aliphatic heterocycles. The van der Waals surface area contributed by atoms with Crippen LogP contribution in [-0.4, -0.2) is 115 Å². The molecule has 13 nitrogen and oxygen atoms in total. The summed E-state index contributed by atoms with van der Waals surface area (Å²) in [4.78, 5) is 0. The van der Waals surface area contributed by atoms with E-state index in [1.165, 1.54) is 28.4 Å². The van der Waals surface area contributed by atoms with Gasteiger partial charge < -0.3 is 64.2 Å². The van der Waals surface area contributed by atoms with Gasteiger partial charge in [0.15, 0.2) is 29.3 Å². The molecule has 228 valence electrons. The molecular weight excluding hydrogens is 544 g/mol. The molecule has 0 aromatic heterocycles. The summed E-state index contributed by atoms with van der Waals surface area (Å²) in [7, 11) is 5.60. The predicted molar refractivity (Wildman–Crippen MR) is 142 cm³/mol. The van der Waals surface area contributed by atoms with Crippen LogP contribution in [-0.2, 0) is 15.9 Å². The second-order valence-corrected chi connectivity index (χ2v) is 10.1. The van der Waals surface area contributed by atoms with Crippen molar-refractivity contribution in [2.45, 2.75) is 43.0 Å². The summed E-state index contributed by atoms with van der Waals surface area (Å²) in [6.07, 6.45) is -7.02. The van der Waals surface area contributed by atoms with Crippen LogP contribution in [0.4, 0.5) is 0 Å². The fourth-order valence-electron chi connectivity index (χ4n) is 5.83. The molecule has 13 heteroatoms. The SMILES string of the molecule is COc1cc([C@H]2c3c(cc(OC)c(O)c3OC)C[C@H](CO)[C@H]2CO[C@@H]2O[C@H](CO)[C@@H](O)[C@H](O)[C@H]2O)cc(OC)c1O. The number of hydrogen-bond acceptors (Lipinski definition) is 13. The van der Waals surface area contributed by atoms with Crippen molar-refractivity contribution in [2.75, 3.05) is 48.3 Å². The normalized spacial score (nSPS) is 29.5. The van der Waals surface area contributed by atoms with Gasteiger partial charge in [-0.25, -0.2) is 0 Å². The number of aliphatic hydroxyl groups excluding tert-OH is 5. The molecule has 0 radical (unpaired) electrons. The first-order chi connectivity index (χ1) is 19.6. The number of phenols is 2. The number of hydrogen-bond donors (Lipinski definition) is 7. The van der Waals surface area contributed by atoms with Gasteiger partial charge in [0.25, 0.3) is 0 Å². The maximum Gasteiger partial charge on any atom is 0.201 e. The van der Waals surface area contributed by atoms with Crippen LogP contribution < -0.4 is 18.9 Å². The summed E-state index contributed by atoms with van der Waals surface area (Å²) >= 11 is 0. The van der Waals surface area contributed by atoms with Gasteiger partial charge >= 0.3 is 0 Å². The Morgan fingerprint density at radius 2 is 1.39 bits per heavy atom. The van der Waals surface area contributed by atoms with Crippen LogP contribution >= 0.6 is 0 Å². The largest absolute Gasteiger partial charge is 0.502 e. The van der Waals surface area contributed by atoms with E-state index in [4.69, 9.17) is 28.4 Å². The third-order valence-corrected chi connectivity index (χ3v) is 7.99. The Morgan fingerprint density at radius 1 is 0.780 bits per heavy atom. The minimum Gasteiger partial charge on any atom is -0.502 e. The Kier molecular flexibility index (Phi) is 9.70. The van der Waals surface area contributed by atoms with E-state index >= 15 is 0 Å². The molecule has 0 unspecified atom stereocenters. The Balaban J connectivity index is 1.85. The van der Waals surface area contributed by atoms with Gasteiger partial charge in [0.2, 0.25) is 11.5 Å². The Morgan fingerprint density at radius 3 is 1.93 bits per heavy atom. The highest BCUT2D eigenvalue weighted by Gasteiger charge is 2.46. The van der Waals surface area contributed by atoms with E-state index in [0.29, 0.717) is 17.5 Å². The Labute approximate surface area is 237 Å². The van der Waals surface area contributed by atoms with Gasteiger partial charge in [0, 0.05) is 18.1 Å². The predicted octanol–water partition coefficient (Wildman–Crippen LogP) is -0.139. The first kappa shape index (κ1) is 30.9. The summed E-state index contributed by atoms with van der Waals surface area (Å²) in [5.74, 6) is -1.51. The maximum absolute atomic E-state index is 11.0. The van der Waals surface area contributed by atoms with Gasteiger partial charge in [-0.05, 0) is 47.6 Å². The van der Waals surface area contributed by atoms with E-state index in [0.717, 1.165) is 5.56 Å². The van der Waals surface area contributed by atoms with Crippen molar-refractivity contribution in [3.8, 4) is 34.5 Å². The van der Waals surface area contributed by atoms with Crippen LogP contribution in [0.5, 0.6) is 34.5 Å². The zero-order valence-corrected chi connectivity index (χ0v) is 23.3. The van der Waals surface area contributed by atoms with E-state index in [2.05, 4.69) is 0 Å². The van der Waals surface area contributed by atoms with E-state index in [1.54, 1.807) is 18.2 Å². The number of benzene rings is 2. The quantitative estimate of drug-likeness (QED) is 0.196. The third-order valence-electron chi connectivity index (χ3n) is 7.99. The van der Waals surface area contributed by atoms with Crippen molar-refractivity contribution in [1.29, 1.82) is 0 Å². The number of phenolic OH excluding ortho intramolecular Hbond substituents is 2.